The van der Waals surface area contributed by atoms with Gasteiger partial charge in [-0.15, -0.1) is 0 Å². The number of nitrogens with zero attached hydrogens (tertiary/aromatic N) is 2. The van der Waals surface area contributed by atoms with Crippen LogP contribution in [0.2, 0.25) is 0 Å². The van der Waals surface area contributed by atoms with E-state index in [-0.39, 0.29) is 5.76 Å². The van der Waals surface area contributed by atoms with Crippen molar-refractivity contribution in [3.63, 3.8) is 0 Å². The maximum Gasteiger partial charge on any atom is 0.374 e. The Kier molecular flexibility index (Phi) is 6.07. The molecule has 0 bridgehead atoms. The van der Waals surface area contributed by atoms with Gasteiger partial charge in [0.15, 0.2) is 0 Å². The monoisotopic (exact) mass is 398 g/mol. The molecule has 1 aromatic heterocycles. The molecule has 6 nitrogen and oxygen atoms in total. The first-order valence-corrected chi connectivity index (χ1v) is 10.9. The smallest absolute Gasteiger partial charge is 0.374 e. The molecule has 2 heterocycles. The summed E-state index contributed by atoms with van der Waals surface area (Å²) in [5.41, 5.74) is 1.77. The van der Waals surface area contributed by atoms with Crippen molar-refractivity contribution in [2.75, 3.05) is 37.7 Å². The number of anilines is 1. The zero-order valence-corrected chi connectivity index (χ0v) is 17.2. The highest BCUT2D eigenvalue weighted by atomic mass is 16.5. The van der Waals surface area contributed by atoms with Crippen LogP contribution in [0.15, 0.2) is 28.7 Å². The number of fused-ring (bicyclic) bond motifs is 1. The number of esters is 1. The summed E-state index contributed by atoms with van der Waals surface area (Å²) >= 11 is 0. The molecule has 1 aliphatic heterocycles. The molecule has 0 atom stereocenters. The Balaban J connectivity index is 1.35. The molecular weight excluding hydrogens is 368 g/mol. The molecule has 2 fully saturated rings. The molecule has 2 aliphatic rings. The van der Waals surface area contributed by atoms with Crippen LogP contribution in [0.5, 0.6) is 0 Å². The third-order valence-corrected chi connectivity index (χ3v) is 6.16. The summed E-state index contributed by atoms with van der Waals surface area (Å²) in [6.07, 6.45) is 7.03. The van der Waals surface area contributed by atoms with Crippen LogP contribution in [0.1, 0.15) is 56.0 Å². The van der Waals surface area contributed by atoms with Crippen molar-refractivity contribution in [2.24, 2.45) is 5.92 Å². The van der Waals surface area contributed by atoms with Crippen molar-refractivity contribution in [3.8, 4) is 0 Å². The third kappa shape index (κ3) is 4.57. The second kappa shape index (κ2) is 8.89. The van der Waals surface area contributed by atoms with E-state index in [1.165, 1.54) is 32.1 Å². The number of furan rings is 1. The highest BCUT2D eigenvalue weighted by molar-refractivity contribution is 5.93. The molecule has 1 saturated carbocycles. The zero-order chi connectivity index (χ0) is 20.2. The van der Waals surface area contributed by atoms with Crippen molar-refractivity contribution >= 4 is 28.5 Å². The van der Waals surface area contributed by atoms with Crippen LogP contribution in [-0.4, -0.2) is 49.6 Å². The Morgan fingerprint density at radius 2 is 1.83 bits per heavy atom. The van der Waals surface area contributed by atoms with Gasteiger partial charge in [-0.25, -0.2) is 4.79 Å². The van der Waals surface area contributed by atoms with E-state index in [1.807, 2.05) is 23.1 Å². The summed E-state index contributed by atoms with van der Waals surface area (Å²) in [7, 11) is 0. The van der Waals surface area contributed by atoms with Crippen LogP contribution in [0.3, 0.4) is 0 Å². The van der Waals surface area contributed by atoms with Gasteiger partial charge >= 0.3 is 5.97 Å². The van der Waals surface area contributed by atoms with Gasteiger partial charge < -0.3 is 19.0 Å². The normalized spacial score (nSPS) is 18.2. The molecule has 0 unspecified atom stereocenters. The molecule has 156 valence electrons. The lowest BCUT2D eigenvalue weighted by Crippen LogP contribution is -2.49. The molecule has 6 heteroatoms. The number of carbonyl (C=O) groups excluding carboxylic acids is 2. The van der Waals surface area contributed by atoms with Crippen molar-refractivity contribution in [2.45, 2.75) is 45.4 Å². The second-order valence-corrected chi connectivity index (χ2v) is 8.13. The Hall–Kier alpha value is -2.50. The molecule has 2 aromatic rings. The average Bonchev–Trinajstić information content (AvgIpc) is 3.18. The van der Waals surface area contributed by atoms with E-state index in [2.05, 4.69) is 4.90 Å². The SMILES string of the molecule is CCOC(=O)c1cc2cc(N3CCN(C(=O)CC4CCCCC4)CC3)ccc2o1. The summed E-state index contributed by atoms with van der Waals surface area (Å²) in [4.78, 5) is 28.9. The summed E-state index contributed by atoms with van der Waals surface area (Å²) in [6.45, 7) is 5.28. The lowest BCUT2D eigenvalue weighted by atomic mass is 9.86. The van der Waals surface area contributed by atoms with Gasteiger partial charge in [-0.2, -0.15) is 0 Å². The van der Waals surface area contributed by atoms with Crippen LogP contribution < -0.4 is 4.90 Å². The van der Waals surface area contributed by atoms with E-state index in [9.17, 15) is 9.59 Å². The van der Waals surface area contributed by atoms with Gasteiger partial charge in [0.2, 0.25) is 11.7 Å². The zero-order valence-electron chi connectivity index (χ0n) is 17.2. The first-order valence-electron chi connectivity index (χ1n) is 10.9. The third-order valence-electron chi connectivity index (χ3n) is 6.16. The summed E-state index contributed by atoms with van der Waals surface area (Å²) < 4.78 is 10.6. The summed E-state index contributed by atoms with van der Waals surface area (Å²) in [5, 5.41) is 0.890. The Labute approximate surface area is 171 Å². The maximum absolute atomic E-state index is 12.7. The topological polar surface area (TPSA) is 63.0 Å². The van der Waals surface area contributed by atoms with E-state index in [4.69, 9.17) is 9.15 Å². The number of benzene rings is 1. The number of ether oxygens (including phenoxy) is 1. The number of amides is 1. The highest BCUT2D eigenvalue weighted by Crippen LogP contribution is 2.28. The molecule has 1 amide bonds. The molecule has 1 aliphatic carbocycles. The van der Waals surface area contributed by atoms with Crippen LogP contribution in [0, 0.1) is 5.92 Å². The van der Waals surface area contributed by atoms with Crippen LogP contribution in [0.4, 0.5) is 5.69 Å². The van der Waals surface area contributed by atoms with Crippen LogP contribution in [-0.2, 0) is 9.53 Å². The Morgan fingerprint density at radius 1 is 1.07 bits per heavy atom. The van der Waals surface area contributed by atoms with Gasteiger partial charge in [0.05, 0.1) is 6.61 Å². The summed E-state index contributed by atoms with van der Waals surface area (Å²) in [6, 6.07) is 7.69. The minimum atomic E-state index is -0.435. The van der Waals surface area contributed by atoms with Crippen molar-refractivity contribution < 1.29 is 18.7 Å². The van der Waals surface area contributed by atoms with E-state index in [1.54, 1.807) is 13.0 Å². The fourth-order valence-corrected chi connectivity index (χ4v) is 4.51. The number of rotatable bonds is 5. The van der Waals surface area contributed by atoms with Gasteiger partial charge in [-0.05, 0) is 49.9 Å². The highest BCUT2D eigenvalue weighted by Gasteiger charge is 2.25. The minimum Gasteiger partial charge on any atom is -0.460 e. The van der Waals surface area contributed by atoms with E-state index < -0.39 is 5.97 Å². The lowest BCUT2D eigenvalue weighted by Gasteiger charge is -2.37. The Morgan fingerprint density at radius 3 is 2.55 bits per heavy atom. The fourth-order valence-electron chi connectivity index (χ4n) is 4.51. The predicted octanol–water partition coefficient (Wildman–Crippen LogP) is 4.23. The average molecular weight is 399 g/mol. The maximum atomic E-state index is 12.7. The molecule has 29 heavy (non-hydrogen) atoms. The van der Waals surface area contributed by atoms with E-state index in [0.717, 1.165) is 43.7 Å². The van der Waals surface area contributed by atoms with Gasteiger partial charge in [-0.3, -0.25) is 4.79 Å². The van der Waals surface area contributed by atoms with Gasteiger partial charge in [0.1, 0.15) is 5.58 Å². The van der Waals surface area contributed by atoms with E-state index in [0.29, 0.717) is 24.0 Å². The minimum absolute atomic E-state index is 0.233. The summed E-state index contributed by atoms with van der Waals surface area (Å²) in [5.74, 6) is 0.708. The number of piperazine rings is 1. The standard InChI is InChI=1S/C23H30N2O4/c1-2-28-23(27)21-16-18-15-19(8-9-20(18)29-21)24-10-12-25(13-11-24)22(26)14-17-6-4-3-5-7-17/h8-9,15-17H,2-7,10-14H2,1H3. The van der Waals surface area contributed by atoms with Crippen LogP contribution >= 0.6 is 0 Å². The van der Waals surface area contributed by atoms with Crippen LogP contribution in [0.25, 0.3) is 11.0 Å². The Bertz CT molecular complexity index is 861. The van der Waals surface area contributed by atoms with Gasteiger partial charge in [0, 0.05) is 43.7 Å². The predicted molar refractivity (Wildman–Crippen MR) is 112 cm³/mol. The molecule has 0 N–H and O–H groups in total. The second-order valence-electron chi connectivity index (χ2n) is 8.13. The molecule has 1 aromatic carbocycles. The fraction of sp³-hybridized carbons (Fsp3) is 0.565. The molecule has 0 radical (unpaired) electrons. The molecule has 0 spiro atoms. The van der Waals surface area contributed by atoms with E-state index >= 15 is 0 Å². The van der Waals surface area contributed by atoms with Gasteiger partial charge in [-0.1, -0.05) is 19.3 Å². The number of carbonyl (C=O) groups is 2. The van der Waals surface area contributed by atoms with Gasteiger partial charge in [0.25, 0.3) is 0 Å². The molecule has 4 rings (SSSR count). The quantitative estimate of drug-likeness (QED) is 0.706. The number of hydrogen-bond acceptors (Lipinski definition) is 5. The number of hydrogen-bond donors (Lipinski definition) is 0. The molecular formula is C23H30N2O4. The first kappa shape index (κ1) is 19.8. The molecule has 1 saturated heterocycles. The lowest BCUT2D eigenvalue weighted by molar-refractivity contribution is -0.132. The largest absolute Gasteiger partial charge is 0.460 e. The van der Waals surface area contributed by atoms with Crippen molar-refractivity contribution in [3.05, 3.63) is 30.0 Å². The van der Waals surface area contributed by atoms with Crippen molar-refractivity contribution in [1.82, 2.24) is 4.90 Å². The van der Waals surface area contributed by atoms with Crippen molar-refractivity contribution in [1.29, 1.82) is 0 Å². The first-order chi connectivity index (χ1) is 14.1.